The molecular formula is C17H16N4OS. The lowest BCUT2D eigenvalue weighted by Gasteiger charge is -2.10. The molecule has 0 saturated carbocycles. The lowest BCUT2D eigenvalue weighted by Crippen LogP contribution is -2.24. The quantitative estimate of drug-likeness (QED) is 0.756. The van der Waals surface area contributed by atoms with Crippen molar-refractivity contribution in [2.75, 3.05) is 0 Å². The third kappa shape index (κ3) is 3.98. The molecule has 5 nitrogen and oxygen atoms in total. The maximum absolute atomic E-state index is 12.5. The Morgan fingerprint density at radius 1 is 1.22 bits per heavy atom. The highest BCUT2D eigenvalue weighted by Crippen LogP contribution is 2.31. The third-order valence-corrected chi connectivity index (χ3v) is 4.30. The van der Waals surface area contributed by atoms with Gasteiger partial charge in [0.2, 0.25) is 0 Å². The molecule has 0 aliphatic heterocycles. The minimum atomic E-state index is -0.125. The lowest BCUT2D eigenvalue weighted by molar-refractivity contribution is 0.0947. The average Bonchev–Trinajstić information content (AvgIpc) is 3.07. The molecule has 3 rings (SSSR count). The Hall–Kier alpha value is -2.60. The van der Waals surface area contributed by atoms with Gasteiger partial charge in [-0.2, -0.15) is 5.10 Å². The van der Waals surface area contributed by atoms with Crippen molar-refractivity contribution in [2.24, 2.45) is 0 Å². The number of carbonyl (C=O) groups excluding carboxylic acids is 1. The molecule has 0 saturated heterocycles. The van der Waals surface area contributed by atoms with E-state index in [1.54, 1.807) is 11.8 Å². The highest BCUT2D eigenvalue weighted by Gasteiger charge is 2.13. The van der Waals surface area contributed by atoms with Crippen LogP contribution in [0.3, 0.4) is 0 Å². The van der Waals surface area contributed by atoms with Crippen molar-refractivity contribution >= 4 is 17.7 Å². The van der Waals surface area contributed by atoms with Gasteiger partial charge < -0.3 is 5.32 Å². The smallest absolute Gasteiger partial charge is 0.252 e. The van der Waals surface area contributed by atoms with Crippen LogP contribution in [0.5, 0.6) is 0 Å². The average molecular weight is 324 g/mol. The molecule has 0 fully saturated rings. The Morgan fingerprint density at radius 2 is 2.04 bits per heavy atom. The molecule has 1 aromatic heterocycles. The molecule has 0 spiro atoms. The fourth-order valence-electron chi connectivity index (χ4n) is 2.09. The molecule has 2 N–H and O–H groups in total. The van der Waals surface area contributed by atoms with Gasteiger partial charge in [0.15, 0.2) is 0 Å². The number of H-pyrrole nitrogens is 1. The van der Waals surface area contributed by atoms with Gasteiger partial charge in [-0.05, 0) is 36.8 Å². The normalized spacial score (nSPS) is 10.5. The van der Waals surface area contributed by atoms with Crippen LogP contribution in [0.4, 0.5) is 0 Å². The highest BCUT2D eigenvalue weighted by molar-refractivity contribution is 7.99. The van der Waals surface area contributed by atoms with Crippen molar-refractivity contribution in [1.29, 1.82) is 0 Å². The summed E-state index contributed by atoms with van der Waals surface area (Å²) >= 11 is 1.58. The monoisotopic (exact) mass is 324 g/mol. The number of aromatic amines is 1. The molecule has 0 bridgehead atoms. The molecule has 0 aliphatic carbocycles. The minimum absolute atomic E-state index is 0.125. The van der Waals surface area contributed by atoms with Gasteiger partial charge in [0.1, 0.15) is 12.2 Å². The van der Waals surface area contributed by atoms with Crippen LogP contribution >= 0.6 is 11.8 Å². The topological polar surface area (TPSA) is 70.7 Å². The van der Waals surface area contributed by atoms with Crippen molar-refractivity contribution in [1.82, 2.24) is 20.5 Å². The van der Waals surface area contributed by atoms with E-state index in [0.717, 1.165) is 15.4 Å². The number of nitrogens with one attached hydrogen (secondary N) is 2. The molecule has 6 heteroatoms. The summed E-state index contributed by atoms with van der Waals surface area (Å²) in [6.45, 7) is 2.34. The first-order valence-electron chi connectivity index (χ1n) is 7.18. The second kappa shape index (κ2) is 7.11. The summed E-state index contributed by atoms with van der Waals surface area (Å²) in [7, 11) is 0. The van der Waals surface area contributed by atoms with Gasteiger partial charge in [0.05, 0.1) is 12.1 Å². The van der Waals surface area contributed by atoms with Crippen molar-refractivity contribution < 1.29 is 4.79 Å². The Kier molecular flexibility index (Phi) is 4.73. The van der Waals surface area contributed by atoms with Gasteiger partial charge in [0.25, 0.3) is 5.91 Å². The summed E-state index contributed by atoms with van der Waals surface area (Å²) in [5.41, 5.74) is 1.78. The van der Waals surface area contributed by atoms with E-state index < -0.39 is 0 Å². The van der Waals surface area contributed by atoms with Gasteiger partial charge in [-0.1, -0.05) is 36.0 Å². The zero-order valence-corrected chi connectivity index (χ0v) is 13.4. The summed E-state index contributed by atoms with van der Waals surface area (Å²) in [5.74, 6) is 0.502. The van der Waals surface area contributed by atoms with Crippen molar-refractivity contribution in [3.05, 3.63) is 71.8 Å². The number of rotatable bonds is 5. The van der Waals surface area contributed by atoms with Crippen LogP contribution in [-0.4, -0.2) is 21.1 Å². The molecule has 0 unspecified atom stereocenters. The first kappa shape index (κ1) is 15.3. The Labute approximate surface area is 138 Å². The van der Waals surface area contributed by atoms with Crippen LogP contribution in [0.1, 0.15) is 21.7 Å². The van der Waals surface area contributed by atoms with Crippen molar-refractivity contribution in [3.8, 4) is 0 Å². The first-order valence-corrected chi connectivity index (χ1v) is 8.00. The Morgan fingerprint density at radius 3 is 2.78 bits per heavy atom. The maximum atomic E-state index is 12.5. The molecule has 2 aromatic carbocycles. The molecule has 3 aromatic rings. The van der Waals surface area contributed by atoms with E-state index in [0.29, 0.717) is 17.9 Å². The van der Waals surface area contributed by atoms with E-state index in [1.807, 2.05) is 55.5 Å². The summed E-state index contributed by atoms with van der Waals surface area (Å²) in [6, 6.07) is 15.8. The molecule has 116 valence electrons. The van der Waals surface area contributed by atoms with Gasteiger partial charge in [-0.15, -0.1) is 0 Å². The van der Waals surface area contributed by atoms with E-state index >= 15 is 0 Å². The standard InChI is InChI=1S/C17H16N4OS/c1-12-7-8-14(17(22)18-10-16-19-11-20-21-16)15(9-12)23-13-5-3-2-4-6-13/h2-9,11H,10H2,1H3,(H,18,22)(H,19,20,21). The number of amides is 1. The van der Waals surface area contributed by atoms with Crippen molar-refractivity contribution in [2.45, 2.75) is 23.3 Å². The fourth-order valence-corrected chi connectivity index (χ4v) is 3.15. The molecular weight excluding hydrogens is 308 g/mol. The first-order chi connectivity index (χ1) is 11.2. The number of carbonyl (C=O) groups is 1. The third-order valence-electron chi connectivity index (χ3n) is 3.23. The zero-order valence-electron chi connectivity index (χ0n) is 12.6. The van der Waals surface area contributed by atoms with Crippen LogP contribution in [-0.2, 0) is 6.54 Å². The molecule has 1 amide bonds. The van der Waals surface area contributed by atoms with Gasteiger partial charge >= 0.3 is 0 Å². The molecule has 0 atom stereocenters. The van der Waals surface area contributed by atoms with Crippen LogP contribution in [0.15, 0.2) is 64.6 Å². The Bertz CT molecular complexity index is 788. The van der Waals surface area contributed by atoms with Gasteiger partial charge in [-0.3, -0.25) is 9.89 Å². The van der Waals surface area contributed by atoms with Gasteiger partial charge in [-0.25, -0.2) is 4.98 Å². The largest absolute Gasteiger partial charge is 0.345 e. The number of benzene rings is 2. The maximum Gasteiger partial charge on any atom is 0.252 e. The second-order valence-corrected chi connectivity index (χ2v) is 6.14. The van der Waals surface area contributed by atoms with Crippen molar-refractivity contribution in [3.63, 3.8) is 0 Å². The van der Waals surface area contributed by atoms with E-state index in [-0.39, 0.29) is 5.91 Å². The predicted octanol–water partition coefficient (Wildman–Crippen LogP) is 3.19. The summed E-state index contributed by atoms with van der Waals surface area (Å²) < 4.78 is 0. The fraction of sp³-hybridized carbons (Fsp3) is 0.118. The number of hydrogen-bond acceptors (Lipinski definition) is 4. The number of aryl methyl sites for hydroxylation is 1. The highest BCUT2D eigenvalue weighted by atomic mass is 32.2. The van der Waals surface area contributed by atoms with E-state index in [9.17, 15) is 4.79 Å². The number of hydrogen-bond donors (Lipinski definition) is 2. The lowest BCUT2D eigenvalue weighted by atomic mass is 10.1. The summed E-state index contributed by atoms with van der Waals surface area (Å²) in [4.78, 5) is 18.5. The van der Waals surface area contributed by atoms with Crippen LogP contribution in [0.2, 0.25) is 0 Å². The molecule has 1 heterocycles. The van der Waals surface area contributed by atoms with E-state index in [1.165, 1.54) is 6.33 Å². The minimum Gasteiger partial charge on any atom is -0.345 e. The number of aromatic nitrogens is 3. The summed E-state index contributed by atoms with van der Waals surface area (Å²) in [6.07, 6.45) is 1.42. The molecule has 0 aliphatic rings. The van der Waals surface area contributed by atoms with Crippen LogP contribution < -0.4 is 5.32 Å². The van der Waals surface area contributed by atoms with Crippen LogP contribution in [0.25, 0.3) is 0 Å². The Balaban J connectivity index is 1.79. The van der Waals surface area contributed by atoms with E-state index in [2.05, 4.69) is 20.5 Å². The predicted molar refractivity (Wildman–Crippen MR) is 89.3 cm³/mol. The molecule has 0 radical (unpaired) electrons. The second-order valence-electron chi connectivity index (χ2n) is 5.03. The van der Waals surface area contributed by atoms with Crippen LogP contribution in [0, 0.1) is 6.92 Å². The molecule has 23 heavy (non-hydrogen) atoms. The SMILES string of the molecule is Cc1ccc(C(=O)NCc2ncn[nH]2)c(Sc2ccccc2)c1. The number of nitrogens with zero attached hydrogens (tertiary/aromatic N) is 2. The van der Waals surface area contributed by atoms with Gasteiger partial charge in [0, 0.05) is 9.79 Å². The summed E-state index contributed by atoms with van der Waals surface area (Å²) in [5, 5.41) is 9.35. The zero-order chi connectivity index (χ0) is 16.1. The van der Waals surface area contributed by atoms with E-state index in [4.69, 9.17) is 0 Å².